The number of halogens is 2. The number of hydrogen-bond donors (Lipinski definition) is 1. The fraction of sp³-hybridized carbons (Fsp3) is 0.231. The highest BCUT2D eigenvalue weighted by Crippen LogP contribution is 2.22. The number of nitrogens with zero attached hydrogens (tertiary/aromatic N) is 2. The van der Waals surface area contributed by atoms with E-state index in [9.17, 15) is 0 Å². The van der Waals surface area contributed by atoms with E-state index in [0.717, 1.165) is 11.3 Å². The van der Waals surface area contributed by atoms with E-state index in [0.29, 0.717) is 34.7 Å². The Labute approximate surface area is 121 Å². The second-order valence-corrected chi connectivity index (χ2v) is 4.89. The van der Waals surface area contributed by atoms with Crippen LogP contribution in [0.5, 0.6) is 0 Å². The third-order valence-electron chi connectivity index (χ3n) is 2.50. The molecule has 19 heavy (non-hydrogen) atoms. The van der Waals surface area contributed by atoms with Crippen molar-refractivity contribution >= 4 is 29.0 Å². The van der Waals surface area contributed by atoms with Crippen molar-refractivity contribution in [3.05, 3.63) is 51.4 Å². The van der Waals surface area contributed by atoms with Gasteiger partial charge in [0.05, 0.1) is 12.3 Å². The Hall–Kier alpha value is -1.36. The summed E-state index contributed by atoms with van der Waals surface area (Å²) >= 11 is 12.0. The number of anilines is 1. The molecule has 1 aromatic carbocycles. The summed E-state index contributed by atoms with van der Waals surface area (Å²) in [7, 11) is 1.61. The maximum atomic E-state index is 6.12. The molecule has 0 saturated heterocycles. The maximum absolute atomic E-state index is 6.12. The van der Waals surface area contributed by atoms with Crippen molar-refractivity contribution in [2.24, 2.45) is 0 Å². The highest BCUT2D eigenvalue weighted by Gasteiger charge is 2.07. The molecule has 0 amide bonds. The van der Waals surface area contributed by atoms with Crippen molar-refractivity contribution in [2.45, 2.75) is 13.0 Å². The highest BCUT2D eigenvalue weighted by molar-refractivity contribution is 6.35. The van der Waals surface area contributed by atoms with E-state index in [4.69, 9.17) is 33.7 Å². The van der Waals surface area contributed by atoms with Crippen LogP contribution in [0.4, 0.5) is 5.82 Å². The number of rotatable bonds is 4. The molecule has 1 heterocycles. The molecule has 0 aliphatic rings. The van der Waals surface area contributed by atoms with Gasteiger partial charge in [0.1, 0.15) is 11.6 Å². The van der Waals surface area contributed by atoms with Gasteiger partial charge in [0.2, 0.25) is 0 Å². The molecular weight excluding hydrogens is 285 g/mol. The maximum Gasteiger partial charge on any atom is 0.135 e. The van der Waals surface area contributed by atoms with Gasteiger partial charge >= 0.3 is 0 Å². The van der Waals surface area contributed by atoms with Crippen LogP contribution in [0, 0.1) is 0 Å². The molecular formula is C13H13Cl2N3O. The summed E-state index contributed by atoms with van der Waals surface area (Å²) < 4.78 is 5.04. The minimum absolute atomic E-state index is 0.397. The quantitative estimate of drug-likeness (QED) is 0.942. The first-order chi connectivity index (χ1) is 9.08. The molecule has 2 rings (SSSR count). The highest BCUT2D eigenvalue weighted by atomic mass is 35.5. The predicted molar refractivity (Wildman–Crippen MR) is 76.4 cm³/mol. The molecule has 0 unspecified atom stereocenters. The molecule has 0 aliphatic heterocycles. The fourth-order valence-electron chi connectivity index (χ4n) is 1.71. The van der Waals surface area contributed by atoms with Crippen LogP contribution < -0.4 is 5.73 Å². The zero-order valence-corrected chi connectivity index (χ0v) is 11.9. The predicted octanol–water partition coefficient (Wildman–Crippen LogP) is 3.10. The molecule has 1 aromatic heterocycles. The van der Waals surface area contributed by atoms with Gasteiger partial charge in [0.15, 0.2) is 0 Å². The minimum atomic E-state index is 0.397. The molecule has 0 atom stereocenters. The summed E-state index contributed by atoms with van der Waals surface area (Å²) in [4.78, 5) is 8.57. The molecule has 0 saturated carbocycles. The van der Waals surface area contributed by atoms with Crippen LogP contribution in [0.3, 0.4) is 0 Å². The number of methoxy groups -OCH3 is 1. The van der Waals surface area contributed by atoms with Gasteiger partial charge < -0.3 is 10.5 Å². The van der Waals surface area contributed by atoms with Gasteiger partial charge in [-0.3, -0.25) is 0 Å². The van der Waals surface area contributed by atoms with Crippen LogP contribution in [-0.2, 0) is 17.8 Å². The largest absolute Gasteiger partial charge is 0.384 e. The third kappa shape index (κ3) is 3.80. The number of nitrogen functional groups attached to an aromatic ring is 1. The van der Waals surface area contributed by atoms with E-state index in [1.807, 2.05) is 6.07 Å². The van der Waals surface area contributed by atoms with E-state index < -0.39 is 0 Å². The summed E-state index contributed by atoms with van der Waals surface area (Å²) in [5.74, 6) is 1.03. The number of hydrogen-bond acceptors (Lipinski definition) is 4. The molecule has 100 valence electrons. The van der Waals surface area contributed by atoms with Crippen LogP contribution in [0.2, 0.25) is 10.0 Å². The molecule has 0 bridgehead atoms. The van der Waals surface area contributed by atoms with Crippen molar-refractivity contribution in [2.75, 3.05) is 12.8 Å². The van der Waals surface area contributed by atoms with Crippen LogP contribution >= 0.6 is 23.2 Å². The van der Waals surface area contributed by atoms with Crippen molar-refractivity contribution in [1.82, 2.24) is 9.97 Å². The number of ether oxygens (including phenoxy) is 1. The molecule has 6 heteroatoms. The van der Waals surface area contributed by atoms with Gasteiger partial charge in [0, 0.05) is 29.6 Å². The summed E-state index contributed by atoms with van der Waals surface area (Å²) in [6.07, 6.45) is 0.498. The first-order valence-corrected chi connectivity index (χ1v) is 6.39. The minimum Gasteiger partial charge on any atom is -0.384 e. The number of aromatic nitrogens is 2. The van der Waals surface area contributed by atoms with Gasteiger partial charge in [-0.25, -0.2) is 9.97 Å². The van der Waals surface area contributed by atoms with E-state index in [2.05, 4.69) is 9.97 Å². The van der Waals surface area contributed by atoms with E-state index in [1.54, 1.807) is 25.3 Å². The molecule has 0 fully saturated rings. The van der Waals surface area contributed by atoms with Crippen LogP contribution in [0.15, 0.2) is 24.3 Å². The van der Waals surface area contributed by atoms with Crippen LogP contribution in [0.25, 0.3) is 0 Å². The summed E-state index contributed by atoms with van der Waals surface area (Å²) in [5, 5.41) is 1.19. The van der Waals surface area contributed by atoms with E-state index in [-0.39, 0.29) is 0 Å². The second-order valence-electron chi connectivity index (χ2n) is 4.05. The summed E-state index contributed by atoms with van der Waals surface area (Å²) in [5.41, 5.74) is 7.39. The molecule has 4 nitrogen and oxygen atoms in total. The Morgan fingerprint density at radius 1 is 1.21 bits per heavy atom. The molecule has 0 aliphatic carbocycles. The normalized spacial score (nSPS) is 10.7. The van der Waals surface area contributed by atoms with Gasteiger partial charge in [-0.2, -0.15) is 0 Å². The molecule has 2 aromatic rings. The van der Waals surface area contributed by atoms with E-state index in [1.165, 1.54) is 0 Å². The zero-order chi connectivity index (χ0) is 13.8. The van der Waals surface area contributed by atoms with Crippen molar-refractivity contribution < 1.29 is 4.74 Å². The Balaban J connectivity index is 2.27. The lowest BCUT2D eigenvalue weighted by molar-refractivity contribution is 0.181. The van der Waals surface area contributed by atoms with Crippen LogP contribution in [0.1, 0.15) is 17.1 Å². The van der Waals surface area contributed by atoms with Gasteiger partial charge in [0.25, 0.3) is 0 Å². The lowest BCUT2D eigenvalue weighted by atomic mass is 10.1. The first-order valence-electron chi connectivity index (χ1n) is 5.63. The van der Waals surface area contributed by atoms with Crippen molar-refractivity contribution in [3.8, 4) is 0 Å². The Morgan fingerprint density at radius 2 is 2.00 bits per heavy atom. The Morgan fingerprint density at radius 3 is 2.68 bits per heavy atom. The number of nitrogens with two attached hydrogens (primary N) is 1. The van der Waals surface area contributed by atoms with Gasteiger partial charge in [-0.15, -0.1) is 0 Å². The molecule has 2 N–H and O–H groups in total. The smallest absolute Gasteiger partial charge is 0.135 e. The lowest BCUT2D eigenvalue weighted by Crippen LogP contribution is -2.05. The first kappa shape index (κ1) is 14.1. The lowest BCUT2D eigenvalue weighted by Gasteiger charge is -2.07. The average Bonchev–Trinajstić information content (AvgIpc) is 2.32. The van der Waals surface area contributed by atoms with Crippen molar-refractivity contribution in [3.63, 3.8) is 0 Å². The third-order valence-corrected chi connectivity index (χ3v) is 3.09. The second kappa shape index (κ2) is 6.19. The fourth-order valence-corrected chi connectivity index (χ4v) is 2.19. The number of benzene rings is 1. The van der Waals surface area contributed by atoms with Crippen molar-refractivity contribution in [1.29, 1.82) is 0 Å². The monoisotopic (exact) mass is 297 g/mol. The SMILES string of the molecule is COCc1cc(N)nc(Cc2ccc(Cl)cc2Cl)n1. The molecule has 0 radical (unpaired) electrons. The van der Waals surface area contributed by atoms with Gasteiger partial charge in [-0.1, -0.05) is 29.3 Å². The topological polar surface area (TPSA) is 61.0 Å². The summed E-state index contributed by atoms with van der Waals surface area (Å²) in [6, 6.07) is 7.02. The summed E-state index contributed by atoms with van der Waals surface area (Å²) in [6.45, 7) is 0.397. The zero-order valence-electron chi connectivity index (χ0n) is 10.4. The van der Waals surface area contributed by atoms with E-state index >= 15 is 0 Å². The van der Waals surface area contributed by atoms with Gasteiger partial charge in [-0.05, 0) is 17.7 Å². The molecule has 0 spiro atoms. The Kier molecular flexibility index (Phi) is 4.58. The average molecular weight is 298 g/mol. The Bertz CT molecular complexity index is 590. The standard InChI is InChI=1S/C13H13Cl2N3O/c1-19-7-10-6-12(16)18-13(17-10)4-8-2-3-9(14)5-11(8)15/h2-3,5-6H,4,7H2,1H3,(H2,16,17,18). The van der Waals surface area contributed by atoms with Crippen LogP contribution in [-0.4, -0.2) is 17.1 Å².